The van der Waals surface area contributed by atoms with Gasteiger partial charge in [-0.15, -0.1) is 0 Å². The fraction of sp³-hybridized carbons (Fsp3) is 0.150. The van der Waals surface area contributed by atoms with Gasteiger partial charge in [-0.25, -0.2) is 14.6 Å². The topological polar surface area (TPSA) is 55.6 Å². The number of fused-ring (bicyclic) bond motifs is 1. The van der Waals surface area contributed by atoms with E-state index in [1.807, 2.05) is 18.2 Å². The summed E-state index contributed by atoms with van der Waals surface area (Å²) < 4.78 is 40.4. The molecule has 4 rings (SSSR count). The Kier molecular flexibility index (Phi) is 5.10. The number of alkyl halides is 3. The van der Waals surface area contributed by atoms with Gasteiger partial charge in [0.15, 0.2) is 5.65 Å². The maximum Gasteiger partial charge on any atom is 0.416 e. The van der Waals surface area contributed by atoms with E-state index in [1.54, 1.807) is 23.0 Å². The highest BCUT2D eigenvalue weighted by atomic mass is 35.5. The molecule has 0 saturated heterocycles. The van der Waals surface area contributed by atoms with Crippen LogP contribution in [0, 0.1) is 0 Å². The van der Waals surface area contributed by atoms with Crippen molar-refractivity contribution in [2.45, 2.75) is 19.3 Å². The van der Waals surface area contributed by atoms with Crippen molar-refractivity contribution < 1.29 is 13.2 Å². The van der Waals surface area contributed by atoms with Crippen LogP contribution in [0.1, 0.15) is 16.7 Å². The Morgan fingerprint density at radius 3 is 2.66 bits per heavy atom. The Morgan fingerprint density at radius 2 is 1.86 bits per heavy atom. The van der Waals surface area contributed by atoms with Crippen LogP contribution in [0.25, 0.3) is 11.0 Å². The molecule has 2 heterocycles. The van der Waals surface area contributed by atoms with Crippen LogP contribution >= 0.6 is 11.6 Å². The quantitative estimate of drug-likeness (QED) is 0.487. The number of nitrogens with zero attached hydrogens (tertiary/aromatic N) is 4. The molecule has 4 aromatic rings. The highest BCUT2D eigenvalue weighted by molar-refractivity contribution is 6.31. The van der Waals surface area contributed by atoms with Gasteiger partial charge >= 0.3 is 6.18 Å². The molecule has 0 aliphatic rings. The third-order valence-electron chi connectivity index (χ3n) is 4.43. The number of anilines is 1. The monoisotopic (exact) mass is 417 g/mol. The summed E-state index contributed by atoms with van der Waals surface area (Å²) in [6.07, 6.45) is -1.36. The molecule has 0 atom stereocenters. The summed E-state index contributed by atoms with van der Waals surface area (Å²) >= 11 is 6.22. The van der Waals surface area contributed by atoms with Crippen molar-refractivity contribution in [1.82, 2.24) is 19.7 Å². The van der Waals surface area contributed by atoms with Crippen molar-refractivity contribution in [2.24, 2.45) is 0 Å². The highest BCUT2D eigenvalue weighted by Crippen LogP contribution is 2.30. The molecule has 148 valence electrons. The smallest absolute Gasteiger partial charge is 0.365 e. The Morgan fingerprint density at radius 1 is 1.03 bits per heavy atom. The molecule has 2 aromatic heterocycles. The van der Waals surface area contributed by atoms with Gasteiger partial charge in [-0.3, -0.25) is 0 Å². The van der Waals surface area contributed by atoms with Crippen LogP contribution < -0.4 is 5.32 Å². The Bertz CT molecular complexity index is 1160. The van der Waals surface area contributed by atoms with E-state index in [-0.39, 0.29) is 6.54 Å². The SMILES string of the molecule is FC(F)(F)c1cccc(CNc2ncnc3c2cnn3Cc2ccccc2Cl)c1. The van der Waals surface area contributed by atoms with Gasteiger partial charge in [-0.2, -0.15) is 18.3 Å². The summed E-state index contributed by atoms with van der Waals surface area (Å²) in [5.41, 5.74) is 1.31. The molecule has 9 heteroatoms. The van der Waals surface area contributed by atoms with Gasteiger partial charge in [-0.05, 0) is 29.3 Å². The number of rotatable bonds is 5. The first-order valence-electron chi connectivity index (χ1n) is 8.72. The molecule has 0 spiro atoms. The molecule has 0 fully saturated rings. The van der Waals surface area contributed by atoms with E-state index in [9.17, 15) is 13.2 Å². The van der Waals surface area contributed by atoms with Crippen LogP contribution in [-0.2, 0) is 19.3 Å². The minimum Gasteiger partial charge on any atom is -0.365 e. The maximum absolute atomic E-state index is 12.9. The molecule has 1 N–H and O–H groups in total. The van der Waals surface area contributed by atoms with Crippen LogP contribution in [0.4, 0.5) is 19.0 Å². The number of hydrogen-bond donors (Lipinski definition) is 1. The normalized spacial score (nSPS) is 11.7. The van der Waals surface area contributed by atoms with Crippen molar-refractivity contribution in [2.75, 3.05) is 5.32 Å². The average Bonchev–Trinajstić information content (AvgIpc) is 3.11. The van der Waals surface area contributed by atoms with Gasteiger partial charge in [0.2, 0.25) is 0 Å². The molecule has 5 nitrogen and oxygen atoms in total. The number of aromatic nitrogens is 4. The Hall–Kier alpha value is -3.13. The molecular weight excluding hydrogens is 403 g/mol. The van der Waals surface area contributed by atoms with Crippen molar-refractivity contribution in [1.29, 1.82) is 0 Å². The number of hydrogen-bond acceptors (Lipinski definition) is 4. The third-order valence-corrected chi connectivity index (χ3v) is 4.79. The van der Waals surface area contributed by atoms with Gasteiger partial charge in [0.25, 0.3) is 0 Å². The fourth-order valence-corrected chi connectivity index (χ4v) is 3.18. The first-order valence-corrected chi connectivity index (χ1v) is 9.09. The molecular formula is C20H15ClF3N5. The number of benzene rings is 2. The van der Waals surface area contributed by atoms with Crippen LogP contribution in [0.3, 0.4) is 0 Å². The van der Waals surface area contributed by atoms with E-state index in [2.05, 4.69) is 20.4 Å². The van der Waals surface area contributed by atoms with E-state index in [0.717, 1.165) is 17.7 Å². The van der Waals surface area contributed by atoms with Gasteiger partial charge < -0.3 is 5.32 Å². The second kappa shape index (κ2) is 7.71. The summed E-state index contributed by atoms with van der Waals surface area (Å²) in [5, 5.41) is 8.74. The lowest BCUT2D eigenvalue weighted by molar-refractivity contribution is -0.137. The van der Waals surface area contributed by atoms with Gasteiger partial charge in [0.05, 0.1) is 23.7 Å². The predicted octanol–water partition coefficient (Wildman–Crippen LogP) is 5.16. The van der Waals surface area contributed by atoms with E-state index in [0.29, 0.717) is 34.0 Å². The molecule has 2 aromatic carbocycles. The van der Waals surface area contributed by atoms with E-state index in [1.165, 1.54) is 12.4 Å². The van der Waals surface area contributed by atoms with Gasteiger partial charge in [0, 0.05) is 11.6 Å². The average molecular weight is 418 g/mol. The van der Waals surface area contributed by atoms with E-state index < -0.39 is 11.7 Å². The summed E-state index contributed by atoms with van der Waals surface area (Å²) in [6, 6.07) is 12.6. The lowest BCUT2D eigenvalue weighted by Crippen LogP contribution is -2.08. The number of nitrogens with one attached hydrogen (secondary N) is 1. The van der Waals surface area contributed by atoms with Crippen molar-refractivity contribution >= 4 is 28.5 Å². The maximum atomic E-state index is 12.9. The first kappa shape index (κ1) is 19.2. The number of halogens is 4. The fourth-order valence-electron chi connectivity index (χ4n) is 2.98. The van der Waals surface area contributed by atoms with Crippen LogP contribution in [0.5, 0.6) is 0 Å². The summed E-state index contributed by atoms with van der Waals surface area (Å²) in [7, 11) is 0. The standard InChI is InChI=1S/C20H15ClF3N5/c21-17-7-2-1-5-14(17)11-29-19-16(10-28-29)18(26-12-27-19)25-9-13-4-3-6-15(8-13)20(22,23)24/h1-8,10,12H,9,11H2,(H,25,26,27). The highest BCUT2D eigenvalue weighted by Gasteiger charge is 2.30. The summed E-state index contributed by atoms with van der Waals surface area (Å²) in [5.74, 6) is 0.498. The first-order chi connectivity index (χ1) is 13.9. The van der Waals surface area contributed by atoms with Crippen molar-refractivity contribution in [3.63, 3.8) is 0 Å². The zero-order chi connectivity index (χ0) is 20.4. The minimum atomic E-state index is -4.38. The molecule has 0 aliphatic heterocycles. The molecule has 0 unspecified atom stereocenters. The molecule has 0 saturated carbocycles. The summed E-state index contributed by atoms with van der Waals surface area (Å²) in [4.78, 5) is 8.49. The summed E-state index contributed by atoms with van der Waals surface area (Å²) in [6.45, 7) is 0.624. The molecule has 0 aliphatic carbocycles. The molecule has 0 radical (unpaired) electrons. The zero-order valence-electron chi connectivity index (χ0n) is 15.0. The van der Waals surface area contributed by atoms with Gasteiger partial charge in [-0.1, -0.05) is 41.9 Å². The minimum absolute atomic E-state index is 0.186. The second-order valence-corrected chi connectivity index (χ2v) is 6.81. The lowest BCUT2D eigenvalue weighted by atomic mass is 10.1. The molecule has 0 amide bonds. The van der Waals surface area contributed by atoms with E-state index >= 15 is 0 Å². The Balaban J connectivity index is 1.57. The van der Waals surface area contributed by atoms with Crippen molar-refractivity contribution in [3.8, 4) is 0 Å². The largest absolute Gasteiger partial charge is 0.416 e. The second-order valence-electron chi connectivity index (χ2n) is 6.40. The molecule has 0 bridgehead atoms. The van der Waals surface area contributed by atoms with Gasteiger partial charge in [0.1, 0.15) is 12.1 Å². The van der Waals surface area contributed by atoms with Crippen LogP contribution in [-0.4, -0.2) is 19.7 Å². The third kappa shape index (κ3) is 4.17. The van der Waals surface area contributed by atoms with Crippen LogP contribution in [0.2, 0.25) is 5.02 Å². The lowest BCUT2D eigenvalue weighted by Gasteiger charge is -2.10. The Labute approximate surface area is 169 Å². The zero-order valence-corrected chi connectivity index (χ0v) is 15.7. The van der Waals surface area contributed by atoms with E-state index in [4.69, 9.17) is 11.6 Å². The molecule has 29 heavy (non-hydrogen) atoms. The van der Waals surface area contributed by atoms with Crippen molar-refractivity contribution in [3.05, 3.63) is 82.8 Å². The van der Waals surface area contributed by atoms with Crippen LogP contribution in [0.15, 0.2) is 61.1 Å². The predicted molar refractivity (Wildman–Crippen MR) is 105 cm³/mol.